The van der Waals surface area contributed by atoms with Crippen molar-refractivity contribution in [3.63, 3.8) is 0 Å². The first-order chi connectivity index (χ1) is 8.34. The molecular weight excluding hydrogens is 216 g/mol. The van der Waals surface area contributed by atoms with Crippen molar-refractivity contribution in [2.24, 2.45) is 0 Å². The van der Waals surface area contributed by atoms with Crippen LogP contribution in [0.25, 0.3) is 0 Å². The lowest BCUT2D eigenvalue weighted by Crippen LogP contribution is -2.20. The zero-order chi connectivity index (χ0) is 11.9. The molecule has 2 aromatic heterocycles. The molecule has 0 atom stereocenters. The molecule has 4 heteroatoms. The van der Waals surface area contributed by atoms with Gasteiger partial charge >= 0.3 is 0 Å². The van der Waals surface area contributed by atoms with E-state index in [1.54, 1.807) is 12.5 Å². The van der Waals surface area contributed by atoms with Gasteiger partial charge in [0.05, 0.1) is 19.0 Å². The van der Waals surface area contributed by atoms with Gasteiger partial charge < -0.3 is 14.5 Å². The minimum absolute atomic E-state index is 0.617. The van der Waals surface area contributed by atoms with Gasteiger partial charge in [-0.15, -0.1) is 0 Å². The molecule has 2 heterocycles. The van der Waals surface area contributed by atoms with Crippen molar-refractivity contribution < 1.29 is 9.15 Å². The van der Waals surface area contributed by atoms with Gasteiger partial charge in [-0.25, -0.2) is 0 Å². The first kappa shape index (κ1) is 11.7. The van der Waals surface area contributed by atoms with Gasteiger partial charge in [0.15, 0.2) is 0 Å². The Labute approximate surface area is 101 Å². The summed E-state index contributed by atoms with van der Waals surface area (Å²) in [5.74, 6) is 1.73. The Morgan fingerprint density at radius 3 is 3.00 bits per heavy atom. The molecule has 0 fully saturated rings. The van der Waals surface area contributed by atoms with Crippen LogP contribution in [-0.4, -0.2) is 18.1 Å². The van der Waals surface area contributed by atoms with Crippen LogP contribution in [0.3, 0.4) is 0 Å². The van der Waals surface area contributed by atoms with Gasteiger partial charge in [0.1, 0.15) is 18.1 Å². The van der Waals surface area contributed by atoms with E-state index in [9.17, 15) is 0 Å². The lowest BCUT2D eigenvalue weighted by atomic mass is 10.4. The number of aryl methyl sites for hydroxylation is 1. The lowest BCUT2D eigenvalue weighted by molar-refractivity contribution is 0.309. The summed E-state index contributed by atoms with van der Waals surface area (Å²) in [5.41, 5.74) is 0.994. The summed E-state index contributed by atoms with van der Waals surface area (Å²) in [5, 5.41) is 3.23. The van der Waals surface area contributed by atoms with Crippen LogP contribution in [0.4, 0.5) is 0 Å². The Morgan fingerprint density at radius 2 is 2.29 bits per heavy atom. The number of aromatic nitrogens is 1. The summed E-state index contributed by atoms with van der Waals surface area (Å²) in [6.07, 6.45) is 3.41. The van der Waals surface area contributed by atoms with E-state index < -0.39 is 0 Å². The molecule has 0 aliphatic heterocycles. The van der Waals surface area contributed by atoms with E-state index in [1.165, 1.54) is 0 Å². The predicted molar refractivity (Wildman–Crippen MR) is 64.9 cm³/mol. The second-order valence-corrected chi connectivity index (χ2v) is 3.74. The molecule has 0 aromatic carbocycles. The third kappa shape index (κ3) is 3.92. The molecule has 0 aliphatic rings. The minimum atomic E-state index is 0.617. The van der Waals surface area contributed by atoms with Gasteiger partial charge in [0, 0.05) is 12.2 Å². The average molecular weight is 232 g/mol. The van der Waals surface area contributed by atoms with Crippen LogP contribution < -0.4 is 10.1 Å². The Hall–Kier alpha value is -1.81. The number of nitrogens with one attached hydrogen (secondary N) is 1. The monoisotopic (exact) mass is 232 g/mol. The molecule has 0 aliphatic carbocycles. The van der Waals surface area contributed by atoms with Crippen LogP contribution in [0.1, 0.15) is 11.5 Å². The maximum atomic E-state index is 5.52. The molecule has 0 amide bonds. The van der Waals surface area contributed by atoms with Crippen LogP contribution in [0.2, 0.25) is 0 Å². The highest BCUT2D eigenvalue weighted by Crippen LogP contribution is 2.07. The topological polar surface area (TPSA) is 47.3 Å². The molecule has 4 nitrogen and oxygen atoms in total. The average Bonchev–Trinajstić information content (AvgIpc) is 2.84. The molecule has 0 saturated heterocycles. The summed E-state index contributed by atoms with van der Waals surface area (Å²) in [6.45, 7) is 4.07. The first-order valence-electron chi connectivity index (χ1n) is 5.63. The van der Waals surface area contributed by atoms with Crippen LogP contribution in [-0.2, 0) is 6.54 Å². The molecule has 17 heavy (non-hydrogen) atoms. The predicted octanol–water partition coefficient (Wildman–Crippen LogP) is 2.15. The number of rotatable bonds is 6. The Balaban J connectivity index is 1.61. The summed E-state index contributed by atoms with van der Waals surface area (Å²) in [6, 6.07) is 7.68. The molecule has 0 saturated carbocycles. The van der Waals surface area contributed by atoms with E-state index in [0.717, 1.165) is 30.3 Å². The third-order valence-electron chi connectivity index (χ3n) is 2.31. The van der Waals surface area contributed by atoms with Gasteiger partial charge in [-0.05, 0) is 31.2 Å². The number of pyridine rings is 1. The molecular formula is C13H16N2O2. The largest absolute Gasteiger partial charge is 0.491 e. The zero-order valence-corrected chi connectivity index (χ0v) is 9.85. The highest BCUT2D eigenvalue weighted by atomic mass is 16.5. The lowest BCUT2D eigenvalue weighted by Gasteiger charge is -2.06. The number of hydrogen-bond acceptors (Lipinski definition) is 4. The summed E-state index contributed by atoms with van der Waals surface area (Å²) < 4.78 is 10.7. The number of hydrogen-bond donors (Lipinski definition) is 1. The maximum absolute atomic E-state index is 5.52. The Morgan fingerprint density at radius 1 is 1.35 bits per heavy atom. The van der Waals surface area contributed by atoms with Gasteiger partial charge in [0.25, 0.3) is 0 Å². The maximum Gasteiger partial charge on any atom is 0.137 e. The molecule has 2 aromatic rings. The molecule has 0 unspecified atom stereocenters. The van der Waals surface area contributed by atoms with Crippen molar-refractivity contribution in [3.05, 3.63) is 48.2 Å². The molecule has 2 rings (SSSR count). The normalized spacial score (nSPS) is 10.4. The van der Waals surface area contributed by atoms with Crippen molar-refractivity contribution >= 4 is 0 Å². The quantitative estimate of drug-likeness (QED) is 0.775. The number of ether oxygens (including phenoxy) is 1. The van der Waals surface area contributed by atoms with Crippen molar-refractivity contribution in [2.75, 3.05) is 13.2 Å². The Kier molecular flexibility index (Phi) is 4.16. The smallest absolute Gasteiger partial charge is 0.137 e. The minimum Gasteiger partial charge on any atom is -0.491 e. The highest BCUT2D eigenvalue weighted by Gasteiger charge is 1.96. The summed E-state index contributed by atoms with van der Waals surface area (Å²) in [4.78, 5) is 4.16. The van der Waals surface area contributed by atoms with Gasteiger partial charge in [-0.1, -0.05) is 0 Å². The van der Waals surface area contributed by atoms with Crippen molar-refractivity contribution in [1.82, 2.24) is 10.3 Å². The van der Waals surface area contributed by atoms with Crippen LogP contribution in [0.5, 0.6) is 5.75 Å². The van der Waals surface area contributed by atoms with Crippen molar-refractivity contribution in [1.29, 1.82) is 0 Å². The van der Waals surface area contributed by atoms with Gasteiger partial charge in [-0.2, -0.15) is 0 Å². The van der Waals surface area contributed by atoms with Crippen molar-refractivity contribution in [3.8, 4) is 5.75 Å². The van der Waals surface area contributed by atoms with Gasteiger partial charge in [0.2, 0.25) is 0 Å². The third-order valence-corrected chi connectivity index (χ3v) is 2.31. The van der Waals surface area contributed by atoms with E-state index in [-0.39, 0.29) is 0 Å². The van der Waals surface area contributed by atoms with E-state index in [4.69, 9.17) is 9.15 Å². The molecule has 1 N–H and O–H groups in total. The van der Waals surface area contributed by atoms with E-state index in [0.29, 0.717) is 6.61 Å². The molecule has 0 radical (unpaired) electrons. The van der Waals surface area contributed by atoms with E-state index >= 15 is 0 Å². The second kappa shape index (κ2) is 6.06. The molecule has 90 valence electrons. The number of furan rings is 1. The SMILES string of the molecule is Cc1ccc(OCCNCc2ccco2)cn1. The summed E-state index contributed by atoms with van der Waals surface area (Å²) >= 11 is 0. The van der Waals surface area contributed by atoms with Gasteiger partial charge in [-0.3, -0.25) is 4.98 Å². The Bertz CT molecular complexity index is 423. The number of nitrogens with zero attached hydrogens (tertiary/aromatic N) is 1. The van der Waals surface area contributed by atoms with Crippen LogP contribution in [0, 0.1) is 6.92 Å². The van der Waals surface area contributed by atoms with Crippen LogP contribution in [0.15, 0.2) is 41.1 Å². The summed E-state index contributed by atoms with van der Waals surface area (Å²) in [7, 11) is 0. The fourth-order valence-electron chi connectivity index (χ4n) is 1.41. The van der Waals surface area contributed by atoms with E-state index in [1.807, 2.05) is 31.2 Å². The fourth-order valence-corrected chi connectivity index (χ4v) is 1.41. The molecule has 0 bridgehead atoms. The first-order valence-corrected chi connectivity index (χ1v) is 5.63. The molecule has 0 spiro atoms. The van der Waals surface area contributed by atoms with Crippen LogP contribution >= 0.6 is 0 Å². The highest BCUT2D eigenvalue weighted by molar-refractivity contribution is 5.18. The van der Waals surface area contributed by atoms with Crippen molar-refractivity contribution in [2.45, 2.75) is 13.5 Å². The second-order valence-electron chi connectivity index (χ2n) is 3.74. The standard InChI is InChI=1S/C13H16N2O2/c1-11-4-5-13(10-15-11)17-8-6-14-9-12-3-2-7-16-12/h2-5,7,10,14H,6,8-9H2,1H3. The zero-order valence-electron chi connectivity index (χ0n) is 9.85. The van der Waals surface area contributed by atoms with E-state index in [2.05, 4.69) is 10.3 Å². The fraction of sp³-hybridized carbons (Fsp3) is 0.308.